The van der Waals surface area contributed by atoms with Crippen LogP contribution in [0.25, 0.3) is 0 Å². The number of rotatable bonds is 9. The van der Waals surface area contributed by atoms with Gasteiger partial charge < -0.3 is 19.9 Å². The van der Waals surface area contributed by atoms with E-state index in [0.29, 0.717) is 18.7 Å². The Kier molecular flexibility index (Phi) is 6.87. The molecule has 23 heavy (non-hydrogen) atoms. The van der Waals surface area contributed by atoms with E-state index < -0.39 is 5.97 Å². The van der Waals surface area contributed by atoms with Crippen LogP contribution in [0.5, 0.6) is 5.75 Å². The number of carboxylic acid groups (broad SMARTS) is 1. The van der Waals surface area contributed by atoms with E-state index >= 15 is 0 Å². The number of ether oxygens (including phenoxy) is 2. The highest BCUT2D eigenvalue weighted by Crippen LogP contribution is 2.20. The molecule has 1 amide bonds. The normalized spacial score (nSPS) is 14.6. The molecule has 0 heterocycles. The molecule has 0 atom stereocenters. The maximum absolute atomic E-state index is 11.7. The average Bonchev–Trinajstić information content (AvgIpc) is 3.05. The Labute approximate surface area is 135 Å². The first-order chi connectivity index (χ1) is 11.1. The van der Waals surface area contributed by atoms with Crippen molar-refractivity contribution in [3.05, 3.63) is 29.8 Å². The van der Waals surface area contributed by atoms with Crippen molar-refractivity contribution in [2.75, 3.05) is 19.8 Å². The zero-order valence-corrected chi connectivity index (χ0v) is 13.1. The van der Waals surface area contributed by atoms with Gasteiger partial charge in [0.25, 0.3) is 0 Å². The van der Waals surface area contributed by atoms with Crippen molar-refractivity contribution in [1.82, 2.24) is 5.32 Å². The molecule has 0 aromatic heterocycles. The lowest BCUT2D eigenvalue weighted by atomic mass is 10.1. The molecule has 0 radical (unpaired) electrons. The van der Waals surface area contributed by atoms with Gasteiger partial charge in [-0.1, -0.05) is 25.0 Å². The molecule has 6 nitrogen and oxygen atoms in total. The predicted molar refractivity (Wildman–Crippen MR) is 84.5 cm³/mol. The second-order valence-corrected chi connectivity index (χ2v) is 5.64. The lowest BCUT2D eigenvalue weighted by molar-refractivity contribution is -0.139. The van der Waals surface area contributed by atoms with Crippen LogP contribution in [0, 0.1) is 0 Å². The van der Waals surface area contributed by atoms with Gasteiger partial charge in [0.1, 0.15) is 12.4 Å². The molecule has 0 saturated heterocycles. The number of carboxylic acids is 1. The smallest absolute Gasteiger partial charge is 0.341 e. The van der Waals surface area contributed by atoms with Gasteiger partial charge >= 0.3 is 5.97 Å². The summed E-state index contributed by atoms with van der Waals surface area (Å²) in [5.41, 5.74) is 1.05. The fourth-order valence-corrected chi connectivity index (χ4v) is 2.54. The zero-order valence-electron chi connectivity index (χ0n) is 13.1. The van der Waals surface area contributed by atoms with Crippen LogP contribution in [0.3, 0.4) is 0 Å². The summed E-state index contributed by atoms with van der Waals surface area (Å²) in [4.78, 5) is 22.1. The number of benzene rings is 1. The van der Waals surface area contributed by atoms with Crippen LogP contribution in [0.2, 0.25) is 0 Å². The van der Waals surface area contributed by atoms with Crippen LogP contribution in [0.4, 0.5) is 0 Å². The summed E-state index contributed by atoms with van der Waals surface area (Å²) in [6.45, 7) is 0.325. The minimum Gasteiger partial charge on any atom is -0.482 e. The third kappa shape index (κ3) is 6.69. The van der Waals surface area contributed by atoms with Crippen LogP contribution in [-0.4, -0.2) is 42.8 Å². The molecule has 2 rings (SSSR count). The summed E-state index contributed by atoms with van der Waals surface area (Å²) < 4.78 is 10.6. The average molecular weight is 321 g/mol. The van der Waals surface area contributed by atoms with Gasteiger partial charge in [-0.15, -0.1) is 0 Å². The number of amides is 1. The van der Waals surface area contributed by atoms with Crippen LogP contribution >= 0.6 is 0 Å². The molecule has 6 heteroatoms. The van der Waals surface area contributed by atoms with E-state index in [4.69, 9.17) is 14.6 Å². The first-order valence-corrected chi connectivity index (χ1v) is 7.95. The van der Waals surface area contributed by atoms with Crippen LogP contribution < -0.4 is 10.1 Å². The third-order valence-electron chi connectivity index (χ3n) is 3.77. The third-order valence-corrected chi connectivity index (χ3v) is 3.77. The molecule has 0 unspecified atom stereocenters. The van der Waals surface area contributed by atoms with Gasteiger partial charge in [0.2, 0.25) is 5.91 Å². The number of aliphatic carboxylic acids is 1. The van der Waals surface area contributed by atoms with Gasteiger partial charge in [0, 0.05) is 6.54 Å². The molecule has 1 aliphatic rings. The van der Waals surface area contributed by atoms with Crippen molar-refractivity contribution >= 4 is 11.9 Å². The second kappa shape index (κ2) is 9.15. The fourth-order valence-electron chi connectivity index (χ4n) is 2.54. The van der Waals surface area contributed by atoms with E-state index in [0.717, 1.165) is 18.4 Å². The van der Waals surface area contributed by atoms with Crippen LogP contribution in [0.1, 0.15) is 31.2 Å². The fraction of sp³-hybridized carbons (Fsp3) is 0.529. The quantitative estimate of drug-likeness (QED) is 0.724. The van der Waals surface area contributed by atoms with Crippen molar-refractivity contribution in [2.24, 2.45) is 0 Å². The molecule has 1 aromatic rings. The van der Waals surface area contributed by atoms with Gasteiger partial charge in [0.05, 0.1) is 6.10 Å². The summed E-state index contributed by atoms with van der Waals surface area (Å²) in [6, 6.07) is 7.17. The SMILES string of the molecule is O=C(O)COc1ccc(CCNC(=O)COC2CCCC2)cc1. The Balaban J connectivity index is 1.61. The number of hydrogen-bond acceptors (Lipinski definition) is 4. The van der Waals surface area contributed by atoms with Crippen LogP contribution in [0.15, 0.2) is 24.3 Å². The van der Waals surface area contributed by atoms with Crippen LogP contribution in [-0.2, 0) is 20.7 Å². The van der Waals surface area contributed by atoms with Crippen molar-refractivity contribution in [3.63, 3.8) is 0 Å². The largest absolute Gasteiger partial charge is 0.482 e. The molecule has 0 bridgehead atoms. The van der Waals surface area contributed by atoms with E-state index in [1.54, 1.807) is 12.1 Å². The molecule has 1 aliphatic carbocycles. The van der Waals surface area contributed by atoms with Gasteiger partial charge in [-0.3, -0.25) is 4.79 Å². The minimum atomic E-state index is -1.00. The Morgan fingerprint density at radius 1 is 1.13 bits per heavy atom. The highest BCUT2D eigenvalue weighted by Gasteiger charge is 2.16. The van der Waals surface area contributed by atoms with E-state index in [1.165, 1.54) is 12.8 Å². The summed E-state index contributed by atoms with van der Waals surface area (Å²) in [5, 5.41) is 11.4. The topological polar surface area (TPSA) is 84.9 Å². The molecule has 1 fully saturated rings. The second-order valence-electron chi connectivity index (χ2n) is 5.64. The molecule has 1 aromatic carbocycles. The molecular weight excluding hydrogens is 298 g/mol. The molecule has 0 aliphatic heterocycles. The summed E-state index contributed by atoms with van der Waals surface area (Å²) in [7, 11) is 0. The van der Waals surface area contributed by atoms with Crippen molar-refractivity contribution in [2.45, 2.75) is 38.2 Å². The maximum atomic E-state index is 11.7. The standard InChI is InChI=1S/C17H23NO5/c19-16(11-22-14-3-1-2-4-14)18-10-9-13-5-7-15(8-6-13)23-12-17(20)21/h5-8,14H,1-4,9-12H2,(H,18,19)(H,20,21). The van der Waals surface area contributed by atoms with E-state index in [-0.39, 0.29) is 25.2 Å². The molecule has 126 valence electrons. The Hall–Kier alpha value is -2.08. The number of hydrogen-bond donors (Lipinski definition) is 2. The monoisotopic (exact) mass is 321 g/mol. The highest BCUT2D eigenvalue weighted by atomic mass is 16.5. The molecule has 0 spiro atoms. The minimum absolute atomic E-state index is 0.0849. The molecule has 2 N–H and O–H groups in total. The van der Waals surface area contributed by atoms with Gasteiger partial charge in [-0.25, -0.2) is 4.79 Å². The number of carbonyl (C=O) groups is 2. The number of nitrogens with one attached hydrogen (secondary N) is 1. The molecule has 1 saturated carbocycles. The zero-order chi connectivity index (χ0) is 16.5. The Morgan fingerprint density at radius 2 is 1.83 bits per heavy atom. The highest BCUT2D eigenvalue weighted by molar-refractivity contribution is 5.77. The van der Waals surface area contributed by atoms with E-state index in [1.807, 2.05) is 12.1 Å². The predicted octanol–water partition coefficient (Wildman–Crippen LogP) is 1.77. The van der Waals surface area contributed by atoms with Gasteiger partial charge in [-0.05, 0) is 37.0 Å². The Morgan fingerprint density at radius 3 is 2.48 bits per heavy atom. The number of carbonyl (C=O) groups excluding carboxylic acids is 1. The molecular formula is C17H23NO5. The summed E-state index contributed by atoms with van der Waals surface area (Å²) >= 11 is 0. The summed E-state index contributed by atoms with van der Waals surface area (Å²) in [6.07, 6.45) is 5.46. The first-order valence-electron chi connectivity index (χ1n) is 7.95. The Bertz CT molecular complexity index is 508. The van der Waals surface area contributed by atoms with E-state index in [9.17, 15) is 9.59 Å². The van der Waals surface area contributed by atoms with Crippen molar-refractivity contribution in [1.29, 1.82) is 0 Å². The van der Waals surface area contributed by atoms with Gasteiger partial charge in [0.15, 0.2) is 6.61 Å². The summed E-state index contributed by atoms with van der Waals surface area (Å²) in [5.74, 6) is -0.569. The lowest BCUT2D eigenvalue weighted by Gasteiger charge is -2.11. The van der Waals surface area contributed by atoms with Crippen molar-refractivity contribution < 1.29 is 24.2 Å². The lowest BCUT2D eigenvalue weighted by Crippen LogP contribution is -2.30. The maximum Gasteiger partial charge on any atom is 0.341 e. The van der Waals surface area contributed by atoms with Gasteiger partial charge in [-0.2, -0.15) is 0 Å². The first kappa shape index (κ1) is 17.3. The van der Waals surface area contributed by atoms with E-state index in [2.05, 4.69) is 5.32 Å². The van der Waals surface area contributed by atoms with Crippen molar-refractivity contribution in [3.8, 4) is 5.75 Å².